The lowest BCUT2D eigenvalue weighted by molar-refractivity contribution is 0.0947. The molecule has 4 heteroatoms. The van der Waals surface area contributed by atoms with Crippen molar-refractivity contribution in [2.45, 2.75) is 20.3 Å². The van der Waals surface area contributed by atoms with Gasteiger partial charge in [-0.1, -0.05) is 19.9 Å². The summed E-state index contributed by atoms with van der Waals surface area (Å²) in [5.74, 6) is 0.786. The molecule has 1 aromatic rings. The quantitative estimate of drug-likeness (QED) is 0.785. The first-order chi connectivity index (χ1) is 7.09. The maximum atomic E-state index is 11.5. The topological polar surface area (TPSA) is 68.0 Å². The Labute approximate surface area is 89.9 Å². The van der Waals surface area contributed by atoms with Crippen LogP contribution in [0.3, 0.4) is 0 Å². The summed E-state index contributed by atoms with van der Waals surface area (Å²) in [6, 6.07) is 5.03. The monoisotopic (exact) mass is 207 g/mol. The predicted molar refractivity (Wildman–Crippen MR) is 60.4 cm³/mol. The van der Waals surface area contributed by atoms with Gasteiger partial charge in [0.05, 0.1) is 0 Å². The van der Waals surface area contributed by atoms with E-state index in [1.165, 1.54) is 0 Å². The number of nitrogens with one attached hydrogen (secondary N) is 1. The highest BCUT2D eigenvalue weighted by atomic mass is 16.1. The summed E-state index contributed by atoms with van der Waals surface area (Å²) < 4.78 is 0. The molecule has 1 amide bonds. The highest BCUT2D eigenvalue weighted by Gasteiger charge is 2.06. The van der Waals surface area contributed by atoms with Gasteiger partial charge in [-0.3, -0.25) is 4.79 Å². The minimum absolute atomic E-state index is 0.164. The van der Waals surface area contributed by atoms with E-state index in [-0.39, 0.29) is 5.91 Å². The van der Waals surface area contributed by atoms with Gasteiger partial charge >= 0.3 is 0 Å². The number of aromatic nitrogens is 1. The Morgan fingerprint density at radius 1 is 1.53 bits per heavy atom. The van der Waals surface area contributed by atoms with Crippen molar-refractivity contribution in [1.82, 2.24) is 10.3 Å². The molecular weight excluding hydrogens is 190 g/mol. The summed E-state index contributed by atoms with van der Waals surface area (Å²) in [6.07, 6.45) is 0.966. The number of anilines is 1. The van der Waals surface area contributed by atoms with Crippen LogP contribution in [0.15, 0.2) is 18.2 Å². The molecule has 0 spiro atoms. The Bertz CT molecular complexity index is 336. The van der Waals surface area contributed by atoms with Crippen molar-refractivity contribution < 1.29 is 4.79 Å². The van der Waals surface area contributed by atoms with E-state index in [4.69, 9.17) is 5.73 Å². The van der Waals surface area contributed by atoms with Crippen molar-refractivity contribution in [3.8, 4) is 0 Å². The first kappa shape index (κ1) is 11.5. The summed E-state index contributed by atoms with van der Waals surface area (Å²) >= 11 is 0. The number of carbonyl (C=O) groups excluding carboxylic acids is 1. The number of rotatable bonds is 4. The molecule has 3 N–H and O–H groups in total. The number of hydrogen-bond acceptors (Lipinski definition) is 3. The first-order valence-corrected chi connectivity index (χ1v) is 5.10. The predicted octanol–water partition coefficient (Wildman–Crippen LogP) is 1.44. The SMILES string of the molecule is CC(C)CCNC(=O)c1cccc(N)n1. The van der Waals surface area contributed by atoms with E-state index in [2.05, 4.69) is 24.1 Å². The summed E-state index contributed by atoms with van der Waals surface area (Å²) in [7, 11) is 0. The standard InChI is InChI=1S/C11H17N3O/c1-8(2)6-7-13-11(15)9-4-3-5-10(12)14-9/h3-5,8H,6-7H2,1-2H3,(H2,12,14)(H,13,15). The maximum absolute atomic E-state index is 11.5. The van der Waals surface area contributed by atoms with Gasteiger partial charge in [-0.15, -0.1) is 0 Å². The molecule has 0 fully saturated rings. The second-order valence-corrected chi connectivity index (χ2v) is 3.89. The second-order valence-electron chi connectivity index (χ2n) is 3.89. The van der Waals surface area contributed by atoms with E-state index >= 15 is 0 Å². The van der Waals surface area contributed by atoms with E-state index in [1.54, 1.807) is 18.2 Å². The zero-order valence-corrected chi connectivity index (χ0v) is 9.16. The van der Waals surface area contributed by atoms with Gasteiger partial charge in [0.2, 0.25) is 0 Å². The fourth-order valence-corrected chi connectivity index (χ4v) is 1.14. The van der Waals surface area contributed by atoms with Crippen LogP contribution in [-0.4, -0.2) is 17.4 Å². The zero-order valence-electron chi connectivity index (χ0n) is 9.16. The summed E-state index contributed by atoms with van der Waals surface area (Å²) in [5.41, 5.74) is 5.86. The first-order valence-electron chi connectivity index (χ1n) is 5.10. The van der Waals surface area contributed by atoms with Crippen molar-refractivity contribution in [3.63, 3.8) is 0 Å². The molecule has 0 atom stereocenters. The van der Waals surface area contributed by atoms with Gasteiger partial charge in [0.15, 0.2) is 0 Å². The lowest BCUT2D eigenvalue weighted by Crippen LogP contribution is -2.26. The van der Waals surface area contributed by atoms with Crippen LogP contribution in [0.2, 0.25) is 0 Å². The average Bonchev–Trinajstić information content (AvgIpc) is 2.17. The summed E-state index contributed by atoms with van der Waals surface area (Å²) in [6.45, 7) is 4.91. The molecule has 0 saturated heterocycles. The molecule has 1 heterocycles. The van der Waals surface area contributed by atoms with Crippen LogP contribution in [-0.2, 0) is 0 Å². The smallest absolute Gasteiger partial charge is 0.269 e. The lowest BCUT2D eigenvalue weighted by atomic mass is 10.1. The van der Waals surface area contributed by atoms with E-state index in [1.807, 2.05) is 0 Å². The zero-order chi connectivity index (χ0) is 11.3. The second kappa shape index (κ2) is 5.34. The Morgan fingerprint density at radius 2 is 2.27 bits per heavy atom. The van der Waals surface area contributed by atoms with Crippen LogP contribution in [0.25, 0.3) is 0 Å². The average molecular weight is 207 g/mol. The molecule has 1 aromatic heterocycles. The third-order valence-corrected chi connectivity index (χ3v) is 2.01. The molecular formula is C11H17N3O. The third-order valence-electron chi connectivity index (χ3n) is 2.01. The van der Waals surface area contributed by atoms with Gasteiger partial charge < -0.3 is 11.1 Å². The van der Waals surface area contributed by atoms with Gasteiger partial charge in [0.1, 0.15) is 11.5 Å². The number of nitrogens with zero attached hydrogens (tertiary/aromatic N) is 1. The van der Waals surface area contributed by atoms with Crippen molar-refractivity contribution in [2.24, 2.45) is 5.92 Å². The van der Waals surface area contributed by atoms with E-state index in [0.717, 1.165) is 6.42 Å². The third kappa shape index (κ3) is 3.97. The highest BCUT2D eigenvalue weighted by Crippen LogP contribution is 2.01. The molecule has 0 unspecified atom stereocenters. The number of nitrogens with two attached hydrogens (primary N) is 1. The number of pyridine rings is 1. The van der Waals surface area contributed by atoms with Crippen molar-refractivity contribution >= 4 is 11.7 Å². The summed E-state index contributed by atoms with van der Waals surface area (Å²) in [5, 5.41) is 2.80. The molecule has 0 aliphatic carbocycles. The molecule has 82 valence electrons. The van der Waals surface area contributed by atoms with Gasteiger partial charge in [-0.05, 0) is 24.5 Å². The van der Waals surface area contributed by atoms with Crippen molar-refractivity contribution in [2.75, 3.05) is 12.3 Å². The lowest BCUT2D eigenvalue weighted by Gasteiger charge is -2.06. The van der Waals surface area contributed by atoms with Crippen LogP contribution in [0.5, 0.6) is 0 Å². The fraction of sp³-hybridized carbons (Fsp3) is 0.455. The largest absolute Gasteiger partial charge is 0.384 e. The van der Waals surface area contributed by atoms with Crippen LogP contribution in [0.4, 0.5) is 5.82 Å². The Kier molecular flexibility index (Phi) is 4.09. The molecule has 0 radical (unpaired) electrons. The number of hydrogen-bond donors (Lipinski definition) is 2. The molecule has 4 nitrogen and oxygen atoms in total. The minimum Gasteiger partial charge on any atom is -0.384 e. The van der Waals surface area contributed by atoms with E-state index in [0.29, 0.717) is 24.0 Å². The molecule has 15 heavy (non-hydrogen) atoms. The fourth-order valence-electron chi connectivity index (χ4n) is 1.14. The van der Waals surface area contributed by atoms with Crippen LogP contribution in [0.1, 0.15) is 30.8 Å². The minimum atomic E-state index is -0.164. The molecule has 0 bridgehead atoms. The molecule has 0 saturated carbocycles. The summed E-state index contributed by atoms with van der Waals surface area (Å²) in [4.78, 5) is 15.5. The molecule has 0 aliphatic rings. The number of carbonyl (C=O) groups is 1. The molecule has 0 aromatic carbocycles. The number of amides is 1. The van der Waals surface area contributed by atoms with Crippen LogP contribution < -0.4 is 11.1 Å². The van der Waals surface area contributed by atoms with E-state index in [9.17, 15) is 4.79 Å². The number of nitrogen functional groups attached to an aromatic ring is 1. The van der Waals surface area contributed by atoms with Crippen molar-refractivity contribution in [3.05, 3.63) is 23.9 Å². The van der Waals surface area contributed by atoms with Crippen molar-refractivity contribution in [1.29, 1.82) is 0 Å². The van der Waals surface area contributed by atoms with Crippen LogP contribution in [0, 0.1) is 5.92 Å². The van der Waals surface area contributed by atoms with Gasteiger partial charge in [-0.25, -0.2) is 4.98 Å². The normalized spacial score (nSPS) is 10.3. The van der Waals surface area contributed by atoms with Gasteiger partial charge in [-0.2, -0.15) is 0 Å². The molecule has 0 aliphatic heterocycles. The van der Waals surface area contributed by atoms with E-state index < -0.39 is 0 Å². The van der Waals surface area contributed by atoms with Crippen LogP contribution >= 0.6 is 0 Å². The Hall–Kier alpha value is -1.58. The Balaban J connectivity index is 2.47. The van der Waals surface area contributed by atoms with Gasteiger partial charge in [0, 0.05) is 6.54 Å². The molecule has 1 rings (SSSR count). The Morgan fingerprint density at radius 3 is 2.87 bits per heavy atom. The highest BCUT2D eigenvalue weighted by molar-refractivity contribution is 5.92. The maximum Gasteiger partial charge on any atom is 0.269 e. The van der Waals surface area contributed by atoms with Gasteiger partial charge in [0.25, 0.3) is 5.91 Å².